The molecule has 152 valence electrons. The summed E-state index contributed by atoms with van der Waals surface area (Å²) in [5.74, 6) is 0.714. The number of rotatable bonds is 6. The van der Waals surface area contributed by atoms with Gasteiger partial charge in [-0.2, -0.15) is 11.3 Å². The predicted molar refractivity (Wildman–Crippen MR) is 127 cm³/mol. The standard InChI is InChI=1S/C24H23N3OS2/c1-15-9-11-25-20(13-15)26-22(19-10-12-29-14-19)21-16(2)17(3)30-24(21)27-23(28)18-7-5-4-6-8-18/h4-14,22H,1-3H3,(H,25,26)(H,27,28)/t22-/m0/s1. The van der Waals surface area contributed by atoms with Gasteiger partial charge in [0.05, 0.1) is 6.04 Å². The van der Waals surface area contributed by atoms with E-state index in [1.807, 2.05) is 48.7 Å². The molecule has 2 N–H and O–H groups in total. The largest absolute Gasteiger partial charge is 0.359 e. The minimum atomic E-state index is -0.110. The van der Waals surface area contributed by atoms with Crippen molar-refractivity contribution in [3.63, 3.8) is 0 Å². The van der Waals surface area contributed by atoms with Crippen molar-refractivity contribution in [2.24, 2.45) is 0 Å². The summed E-state index contributed by atoms with van der Waals surface area (Å²) >= 11 is 3.28. The van der Waals surface area contributed by atoms with Gasteiger partial charge in [0.1, 0.15) is 10.8 Å². The molecule has 0 saturated carbocycles. The Labute approximate surface area is 184 Å². The number of aromatic nitrogens is 1. The van der Waals surface area contributed by atoms with Crippen molar-refractivity contribution >= 4 is 39.4 Å². The molecule has 0 unspecified atom stereocenters. The Morgan fingerprint density at radius 2 is 1.87 bits per heavy atom. The van der Waals surface area contributed by atoms with Gasteiger partial charge in [0, 0.05) is 22.2 Å². The minimum absolute atomic E-state index is 0.101. The SMILES string of the molecule is Cc1ccnc(N[C@@H](c2ccsc2)c2c(NC(=O)c3ccccc3)sc(C)c2C)c1. The zero-order valence-electron chi connectivity index (χ0n) is 17.1. The van der Waals surface area contributed by atoms with Crippen molar-refractivity contribution in [3.05, 3.63) is 98.2 Å². The number of anilines is 2. The first kappa shape index (κ1) is 20.3. The average Bonchev–Trinajstić information content (AvgIpc) is 3.36. The maximum absolute atomic E-state index is 12.9. The summed E-state index contributed by atoms with van der Waals surface area (Å²) in [4.78, 5) is 18.5. The minimum Gasteiger partial charge on any atom is -0.359 e. The van der Waals surface area contributed by atoms with E-state index in [4.69, 9.17) is 0 Å². The van der Waals surface area contributed by atoms with E-state index in [0.29, 0.717) is 5.56 Å². The van der Waals surface area contributed by atoms with E-state index >= 15 is 0 Å². The molecule has 6 heteroatoms. The number of benzene rings is 1. The molecule has 30 heavy (non-hydrogen) atoms. The van der Waals surface area contributed by atoms with Crippen LogP contribution in [0.2, 0.25) is 0 Å². The van der Waals surface area contributed by atoms with Crippen LogP contribution in [0.15, 0.2) is 65.5 Å². The second-order valence-electron chi connectivity index (χ2n) is 7.20. The van der Waals surface area contributed by atoms with Gasteiger partial charge in [0.2, 0.25) is 0 Å². The third kappa shape index (κ3) is 4.30. The number of amides is 1. The van der Waals surface area contributed by atoms with Crippen molar-refractivity contribution in [1.82, 2.24) is 4.98 Å². The van der Waals surface area contributed by atoms with Crippen molar-refractivity contribution in [2.45, 2.75) is 26.8 Å². The molecule has 3 aromatic heterocycles. The number of hydrogen-bond acceptors (Lipinski definition) is 5. The molecule has 4 nitrogen and oxygen atoms in total. The van der Waals surface area contributed by atoms with Gasteiger partial charge in [0.15, 0.2) is 0 Å². The molecule has 4 rings (SSSR count). The summed E-state index contributed by atoms with van der Waals surface area (Å²) < 4.78 is 0. The Morgan fingerprint density at radius 3 is 2.57 bits per heavy atom. The molecule has 4 aromatic rings. The van der Waals surface area contributed by atoms with Gasteiger partial charge in [-0.15, -0.1) is 11.3 Å². The lowest BCUT2D eigenvalue weighted by Crippen LogP contribution is -2.17. The van der Waals surface area contributed by atoms with Crippen LogP contribution in [0.1, 0.15) is 43.5 Å². The number of hydrogen-bond donors (Lipinski definition) is 2. The van der Waals surface area contributed by atoms with Crippen LogP contribution in [0.4, 0.5) is 10.8 Å². The monoisotopic (exact) mass is 433 g/mol. The van der Waals surface area contributed by atoms with Gasteiger partial charge in [-0.25, -0.2) is 4.98 Å². The summed E-state index contributed by atoms with van der Waals surface area (Å²) in [6.45, 7) is 6.26. The van der Waals surface area contributed by atoms with Crippen LogP contribution < -0.4 is 10.6 Å². The van der Waals surface area contributed by atoms with E-state index < -0.39 is 0 Å². The Kier molecular flexibility index (Phi) is 5.97. The Hall–Kier alpha value is -2.96. The zero-order chi connectivity index (χ0) is 21.1. The topological polar surface area (TPSA) is 54.0 Å². The fraction of sp³-hybridized carbons (Fsp3) is 0.167. The van der Waals surface area contributed by atoms with E-state index in [0.717, 1.165) is 27.5 Å². The molecule has 0 saturated heterocycles. The molecule has 0 aliphatic carbocycles. The van der Waals surface area contributed by atoms with Gasteiger partial charge in [-0.1, -0.05) is 18.2 Å². The first-order valence-corrected chi connectivity index (χ1v) is 11.5. The average molecular weight is 434 g/mol. The third-order valence-corrected chi connectivity index (χ3v) is 6.91. The summed E-state index contributed by atoms with van der Waals surface area (Å²) in [6, 6.07) is 15.3. The smallest absolute Gasteiger partial charge is 0.256 e. The Morgan fingerprint density at radius 1 is 1.07 bits per heavy atom. The lowest BCUT2D eigenvalue weighted by atomic mass is 9.98. The van der Waals surface area contributed by atoms with Gasteiger partial charge in [-0.05, 0) is 78.6 Å². The molecular weight excluding hydrogens is 410 g/mol. The number of nitrogens with one attached hydrogen (secondary N) is 2. The van der Waals surface area contributed by atoms with Crippen LogP contribution in [0, 0.1) is 20.8 Å². The zero-order valence-corrected chi connectivity index (χ0v) is 18.7. The molecule has 0 aliphatic rings. The molecule has 1 aromatic carbocycles. The van der Waals surface area contributed by atoms with E-state index in [1.165, 1.54) is 10.4 Å². The van der Waals surface area contributed by atoms with Crippen molar-refractivity contribution in [3.8, 4) is 0 Å². The summed E-state index contributed by atoms with van der Waals surface area (Å²) in [6.07, 6.45) is 1.81. The maximum atomic E-state index is 12.9. The van der Waals surface area contributed by atoms with Crippen molar-refractivity contribution in [1.29, 1.82) is 0 Å². The molecule has 3 heterocycles. The molecule has 0 aliphatic heterocycles. The third-order valence-electron chi connectivity index (χ3n) is 5.07. The molecule has 0 radical (unpaired) electrons. The molecule has 0 fully saturated rings. The predicted octanol–water partition coefficient (Wildman–Crippen LogP) is 6.58. The van der Waals surface area contributed by atoms with Crippen LogP contribution in [0.25, 0.3) is 0 Å². The number of thiophene rings is 2. The highest BCUT2D eigenvalue weighted by Gasteiger charge is 2.25. The highest BCUT2D eigenvalue weighted by Crippen LogP contribution is 2.41. The van der Waals surface area contributed by atoms with Crippen LogP contribution in [-0.2, 0) is 0 Å². The second-order valence-corrected chi connectivity index (χ2v) is 9.20. The van der Waals surface area contributed by atoms with Crippen LogP contribution in [-0.4, -0.2) is 10.9 Å². The highest BCUT2D eigenvalue weighted by molar-refractivity contribution is 7.16. The summed E-state index contributed by atoms with van der Waals surface area (Å²) in [5.41, 5.74) is 5.21. The maximum Gasteiger partial charge on any atom is 0.256 e. The highest BCUT2D eigenvalue weighted by atomic mass is 32.1. The molecular formula is C24H23N3OS2. The lowest BCUT2D eigenvalue weighted by Gasteiger charge is -2.21. The summed E-state index contributed by atoms with van der Waals surface area (Å²) in [5, 5.41) is 11.8. The quantitative estimate of drug-likeness (QED) is 0.361. The van der Waals surface area contributed by atoms with Crippen molar-refractivity contribution < 1.29 is 4.79 Å². The van der Waals surface area contributed by atoms with Gasteiger partial charge in [0.25, 0.3) is 5.91 Å². The Bertz CT molecular complexity index is 1150. The van der Waals surface area contributed by atoms with Crippen LogP contribution >= 0.6 is 22.7 Å². The number of carbonyl (C=O) groups is 1. The molecule has 1 amide bonds. The Balaban J connectivity index is 1.74. The molecule has 0 spiro atoms. The normalized spacial score (nSPS) is 11.8. The molecule has 1 atom stereocenters. The van der Waals surface area contributed by atoms with Gasteiger partial charge in [-0.3, -0.25) is 4.79 Å². The van der Waals surface area contributed by atoms with Crippen LogP contribution in [0.5, 0.6) is 0 Å². The fourth-order valence-electron chi connectivity index (χ4n) is 3.37. The van der Waals surface area contributed by atoms with Gasteiger partial charge >= 0.3 is 0 Å². The number of aryl methyl sites for hydroxylation is 2. The van der Waals surface area contributed by atoms with E-state index in [9.17, 15) is 4.79 Å². The first-order valence-electron chi connectivity index (χ1n) is 9.70. The lowest BCUT2D eigenvalue weighted by molar-refractivity contribution is 0.102. The fourth-order valence-corrected chi connectivity index (χ4v) is 5.15. The molecule has 0 bridgehead atoms. The van der Waals surface area contributed by atoms with Gasteiger partial charge < -0.3 is 10.6 Å². The number of pyridine rings is 1. The van der Waals surface area contributed by atoms with Crippen molar-refractivity contribution in [2.75, 3.05) is 10.6 Å². The summed E-state index contributed by atoms with van der Waals surface area (Å²) in [7, 11) is 0. The number of nitrogens with zero attached hydrogens (tertiary/aromatic N) is 1. The first-order chi connectivity index (χ1) is 14.5. The second kappa shape index (κ2) is 8.81. The van der Waals surface area contributed by atoms with E-state index in [1.54, 1.807) is 22.7 Å². The van der Waals surface area contributed by atoms with E-state index in [2.05, 4.69) is 53.2 Å². The van der Waals surface area contributed by atoms with E-state index in [-0.39, 0.29) is 11.9 Å². The van der Waals surface area contributed by atoms with Crippen LogP contribution in [0.3, 0.4) is 0 Å². The number of carbonyl (C=O) groups excluding carboxylic acids is 1.